The summed E-state index contributed by atoms with van der Waals surface area (Å²) in [7, 11) is 0. The van der Waals surface area contributed by atoms with Gasteiger partial charge in [-0.25, -0.2) is 15.0 Å². The van der Waals surface area contributed by atoms with Gasteiger partial charge in [0.2, 0.25) is 0 Å². The lowest BCUT2D eigenvalue weighted by atomic mass is 9.82. The Morgan fingerprint density at radius 3 is 1.89 bits per heavy atom. The molecule has 0 fully saturated rings. The van der Waals surface area contributed by atoms with Crippen LogP contribution in [-0.2, 0) is 5.41 Å². The van der Waals surface area contributed by atoms with Crippen LogP contribution in [0.1, 0.15) is 25.0 Å². The molecule has 1 aliphatic carbocycles. The molecule has 3 aromatic heterocycles. The zero-order chi connectivity index (χ0) is 35.3. The molecule has 0 unspecified atom stereocenters. The molecule has 0 saturated carbocycles. The monoisotopic (exact) mass is 680 g/mol. The summed E-state index contributed by atoms with van der Waals surface area (Å²) in [6, 6.07) is 55.3. The zero-order valence-corrected chi connectivity index (χ0v) is 29.2. The molecule has 250 valence electrons. The summed E-state index contributed by atoms with van der Waals surface area (Å²) < 4.78 is 8.94. The number of furan rings is 1. The van der Waals surface area contributed by atoms with E-state index in [2.05, 4.69) is 115 Å². The number of nitrogens with zero attached hydrogens (tertiary/aromatic N) is 4. The Hall–Kier alpha value is -6.85. The van der Waals surface area contributed by atoms with Crippen LogP contribution in [0.5, 0.6) is 0 Å². The van der Waals surface area contributed by atoms with E-state index in [0.29, 0.717) is 17.5 Å². The third-order valence-electron chi connectivity index (χ3n) is 11.1. The highest BCUT2D eigenvalue weighted by atomic mass is 16.3. The number of hydrogen-bond acceptors (Lipinski definition) is 4. The molecule has 0 aliphatic heterocycles. The van der Waals surface area contributed by atoms with Crippen LogP contribution >= 0.6 is 0 Å². The van der Waals surface area contributed by atoms with Crippen molar-refractivity contribution in [2.24, 2.45) is 0 Å². The third kappa shape index (κ3) is 4.40. The maximum absolute atomic E-state index is 6.53. The lowest BCUT2D eigenvalue weighted by molar-refractivity contribution is 0.661. The van der Waals surface area contributed by atoms with Crippen LogP contribution in [0, 0.1) is 0 Å². The van der Waals surface area contributed by atoms with E-state index in [0.717, 1.165) is 44.3 Å². The molecule has 0 atom stereocenters. The highest BCUT2D eigenvalue weighted by molar-refractivity contribution is 6.18. The molecule has 11 rings (SSSR count). The second-order valence-electron chi connectivity index (χ2n) is 14.4. The fraction of sp³-hybridized carbons (Fsp3) is 0.0625. The van der Waals surface area contributed by atoms with Gasteiger partial charge in [-0.05, 0) is 64.7 Å². The SMILES string of the molecule is CC1(C)c2ccccc2-c2c1ccc1c2c2ccccc2n1-c1ccc2oc3cc(-c4nc(-c5ccccc5)nc(-c5ccccc5)n4)ccc3c2c1. The first kappa shape index (κ1) is 29.8. The lowest BCUT2D eigenvalue weighted by Crippen LogP contribution is -2.14. The number of fused-ring (bicyclic) bond motifs is 10. The average Bonchev–Trinajstić information content (AvgIpc) is 3.83. The number of aromatic nitrogens is 4. The van der Waals surface area contributed by atoms with E-state index in [1.165, 1.54) is 44.1 Å². The van der Waals surface area contributed by atoms with Gasteiger partial charge in [-0.3, -0.25) is 0 Å². The molecular formula is C48H32N4O. The van der Waals surface area contributed by atoms with Crippen molar-refractivity contribution in [2.45, 2.75) is 19.3 Å². The van der Waals surface area contributed by atoms with Gasteiger partial charge in [-0.2, -0.15) is 0 Å². The summed E-state index contributed by atoms with van der Waals surface area (Å²) in [5.74, 6) is 1.86. The minimum Gasteiger partial charge on any atom is -0.456 e. The Morgan fingerprint density at radius 1 is 0.472 bits per heavy atom. The number of para-hydroxylation sites is 1. The first-order valence-electron chi connectivity index (χ1n) is 18.0. The molecule has 3 heterocycles. The Bertz CT molecular complexity index is 3020. The van der Waals surface area contributed by atoms with Crippen molar-refractivity contribution in [2.75, 3.05) is 0 Å². The van der Waals surface area contributed by atoms with E-state index in [4.69, 9.17) is 19.4 Å². The van der Waals surface area contributed by atoms with Crippen LogP contribution in [0.25, 0.3) is 94.7 Å². The fourth-order valence-corrected chi connectivity index (χ4v) is 8.51. The van der Waals surface area contributed by atoms with E-state index < -0.39 is 0 Å². The minimum absolute atomic E-state index is 0.0652. The Morgan fingerprint density at radius 2 is 1.13 bits per heavy atom. The molecule has 0 N–H and O–H groups in total. The Balaban J connectivity index is 1.08. The van der Waals surface area contributed by atoms with Gasteiger partial charge in [0.1, 0.15) is 11.2 Å². The molecule has 7 aromatic carbocycles. The second kappa shape index (κ2) is 11.1. The topological polar surface area (TPSA) is 56.7 Å². The Kier molecular flexibility index (Phi) is 6.23. The Labute approximate surface area is 305 Å². The normalized spacial score (nSPS) is 13.2. The van der Waals surface area contributed by atoms with Crippen molar-refractivity contribution < 1.29 is 4.42 Å². The van der Waals surface area contributed by atoms with Gasteiger partial charge < -0.3 is 8.98 Å². The summed E-state index contributed by atoms with van der Waals surface area (Å²) in [5, 5.41) is 4.67. The van der Waals surface area contributed by atoms with Crippen LogP contribution in [0.15, 0.2) is 162 Å². The molecule has 10 aromatic rings. The van der Waals surface area contributed by atoms with Gasteiger partial charge in [-0.15, -0.1) is 0 Å². The van der Waals surface area contributed by atoms with Crippen molar-refractivity contribution in [1.29, 1.82) is 0 Å². The molecule has 5 nitrogen and oxygen atoms in total. The maximum Gasteiger partial charge on any atom is 0.164 e. The average molecular weight is 681 g/mol. The van der Waals surface area contributed by atoms with E-state index in [1.807, 2.05) is 60.7 Å². The highest BCUT2D eigenvalue weighted by Crippen LogP contribution is 2.53. The molecule has 0 bridgehead atoms. The van der Waals surface area contributed by atoms with E-state index in [9.17, 15) is 0 Å². The molecule has 53 heavy (non-hydrogen) atoms. The van der Waals surface area contributed by atoms with Crippen LogP contribution in [0.3, 0.4) is 0 Å². The van der Waals surface area contributed by atoms with Crippen LogP contribution < -0.4 is 0 Å². The van der Waals surface area contributed by atoms with Crippen molar-refractivity contribution in [3.63, 3.8) is 0 Å². The fourth-order valence-electron chi connectivity index (χ4n) is 8.51. The molecule has 0 spiro atoms. The molecule has 0 amide bonds. The highest BCUT2D eigenvalue weighted by Gasteiger charge is 2.37. The van der Waals surface area contributed by atoms with Crippen LogP contribution in [-0.4, -0.2) is 19.5 Å². The third-order valence-corrected chi connectivity index (χ3v) is 11.1. The van der Waals surface area contributed by atoms with E-state index >= 15 is 0 Å². The summed E-state index contributed by atoms with van der Waals surface area (Å²) in [4.78, 5) is 14.8. The summed E-state index contributed by atoms with van der Waals surface area (Å²) in [6.45, 7) is 4.69. The van der Waals surface area contributed by atoms with Crippen molar-refractivity contribution >= 4 is 43.7 Å². The molecule has 5 heteroatoms. The summed E-state index contributed by atoms with van der Waals surface area (Å²) in [6.07, 6.45) is 0. The van der Waals surface area contributed by atoms with Gasteiger partial charge in [0.25, 0.3) is 0 Å². The summed E-state index contributed by atoms with van der Waals surface area (Å²) in [5.41, 5.74) is 13.2. The molecule has 1 aliphatic rings. The zero-order valence-electron chi connectivity index (χ0n) is 29.2. The maximum atomic E-state index is 6.53. The quantitative estimate of drug-likeness (QED) is 0.186. The predicted octanol–water partition coefficient (Wildman–Crippen LogP) is 12.2. The number of benzene rings is 7. The van der Waals surface area contributed by atoms with Gasteiger partial charge in [0, 0.05) is 49.3 Å². The first-order valence-corrected chi connectivity index (χ1v) is 18.0. The number of rotatable bonds is 4. The molecular weight excluding hydrogens is 649 g/mol. The smallest absolute Gasteiger partial charge is 0.164 e. The first-order chi connectivity index (χ1) is 26.0. The largest absolute Gasteiger partial charge is 0.456 e. The van der Waals surface area contributed by atoms with Crippen LogP contribution in [0.2, 0.25) is 0 Å². The lowest BCUT2D eigenvalue weighted by Gasteiger charge is -2.21. The van der Waals surface area contributed by atoms with E-state index in [1.54, 1.807) is 0 Å². The number of hydrogen-bond donors (Lipinski definition) is 0. The van der Waals surface area contributed by atoms with Gasteiger partial charge in [-0.1, -0.05) is 129 Å². The van der Waals surface area contributed by atoms with Gasteiger partial charge in [0.15, 0.2) is 17.5 Å². The minimum atomic E-state index is -0.0652. The molecule has 0 saturated heterocycles. The van der Waals surface area contributed by atoms with Crippen molar-refractivity contribution in [3.05, 3.63) is 169 Å². The van der Waals surface area contributed by atoms with E-state index in [-0.39, 0.29) is 5.41 Å². The predicted molar refractivity (Wildman–Crippen MR) is 215 cm³/mol. The van der Waals surface area contributed by atoms with Gasteiger partial charge in [0.05, 0.1) is 11.0 Å². The second-order valence-corrected chi connectivity index (χ2v) is 14.4. The van der Waals surface area contributed by atoms with Gasteiger partial charge >= 0.3 is 0 Å². The standard InChI is InChI=1S/C48H32N4O/c1-48(2)37-19-11-9-17-34(37)43-38(48)24-25-40-44(43)35-18-10-12-20-39(35)52(40)32-22-26-41-36(28-32)33-23-21-31(27-42(33)53-41)47-50-45(29-13-5-3-6-14-29)49-46(51-47)30-15-7-4-8-16-30/h3-28H,1-2H3. The van der Waals surface area contributed by atoms with Crippen LogP contribution in [0.4, 0.5) is 0 Å². The van der Waals surface area contributed by atoms with Crippen molar-refractivity contribution in [3.8, 4) is 51.0 Å². The van der Waals surface area contributed by atoms with Crippen molar-refractivity contribution in [1.82, 2.24) is 19.5 Å². The molecule has 0 radical (unpaired) electrons. The summed E-state index contributed by atoms with van der Waals surface area (Å²) >= 11 is 0.